The Labute approximate surface area is 135 Å². The first-order valence-electron chi connectivity index (χ1n) is 6.25. The van der Waals surface area contributed by atoms with Crippen molar-refractivity contribution in [3.05, 3.63) is 46.5 Å². The number of nitrogens with zero attached hydrogens (tertiary/aromatic N) is 2. The third kappa shape index (κ3) is 2.23. The third-order valence-electron chi connectivity index (χ3n) is 3.30. The molecule has 4 nitrogen and oxygen atoms in total. The Bertz CT molecular complexity index is 886. The average molecular weight is 338 g/mol. The molecular weight excluding hydrogens is 328 g/mol. The minimum atomic E-state index is -0.536. The van der Waals surface area contributed by atoms with Crippen LogP contribution < -0.4 is 10.5 Å². The molecule has 0 fully saturated rings. The summed E-state index contributed by atoms with van der Waals surface area (Å²) in [6.07, 6.45) is 1.26. The number of hydrogen-bond acceptors (Lipinski definition) is 4. The van der Waals surface area contributed by atoms with Gasteiger partial charge in [-0.25, -0.2) is 14.4 Å². The van der Waals surface area contributed by atoms with Gasteiger partial charge in [-0.3, -0.25) is 0 Å². The predicted octanol–water partition coefficient (Wildman–Crippen LogP) is 4.33. The Morgan fingerprint density at radius 3 is 2.73 bits per heavy atom. The van der Waals surface area contributed by atoms with Gasteiger partial charge in [0.15, 0.2) is 0 Å². The summed E-state index contributed by atoms with van der Waals surface area (Å²) in [6, 6.07) is 6.20. The predicted molar refractivity (Wildman–Crippen MR) is 85.9 cm³/mol. The highest BCUT2D eigenvalue weighted by Gasteiger charge is 2.20. The van der Waals surface area contributed by atoms with Crippen molar-refractivity contribution in [1.82, 2.24) is 9.97 Å². The van der Waals surface area contributed by atoms with E-state index in [2.05, 4.69) is 9.97 Å². The lowest BCUT2D eigenvalue weighted by atomic mass is 10.0. The van der Waals surface area contributed by atoms with E-state index < -0.39 is 5.82 Å². The third-order valence-corrected chi connectivity index (χ3v) is 4.12. The molecule has 22 heavy (non-hydrogen) atoms. The van der Waals surface area contributed by atoms with Crippen LogP contribution in [0, 0.1) is 5.82 Å². The van der Waals surface area contributed by atoms with E-state index >= 15 is 0 Å². The van der Waals surface area contributed by atoms with Gasteiger partial charge in [-0.15, -0.1) is 0 Å². The van der Waals surface area contributed by atoms with Crippen LogP contribution in [0.5, 0.6) is 5.75 Å². The molecule has 0 amide bonds. The molecule has 2 aromatic carbocycles. The van der Waals surface area contributed by atoms with Crippen molar-refractivity contribution in [3.63, 3.8) is 0 Å². The lowest BCUT2D eigenvalue weighted by Crippen LogP contribution is -2.00. The molecular formula is C15H10Cl2FN3O. The van der Waals surface area contributed by atoms with E-state index in [1.165, 1.54) is 19.5 Å². The van der Waals surface area contributed by atoms with Gasteiger partial charge in [0.05, 0.1) is 28.1 Å². The molecule has 0 aliphatic rings. The van der Waals surface area contributed by atoms with Crippen LogP contribution in [0.3, 0.4) is 0 Å². The molecule has 0 saturated carbocycles. The molecule has 0 bridgehead atoms. The summed E-state index contributed by atoms with van der Waals surface area (Å²) >= 11 is 12.2. The number of methoxy groups -OCH3 is 1. The second kappa shape index (κ2) is 5.59. The Morgan fingerprint density at radius 2 is 2.00 bits per heavy atom. The number of ether oxygens (including phenoxy) is 1. The lowest BCUT2D eigenvalue weighted by Gasteiger charge is -2.13. The normalized spacial score (nSPS) is 10.9. The number of rotatable bonds is 2. The van der Waals surface area contributed by atoms with E-state index in [0.717, 1.165) is 0 Å². The summed E-state index contributed by atoms with van der Waals surface area (Å²) in [5.74, 6) is -0.0830. The monoisotopic (exact) mass is 337 g/mol. The van der Waals surface area contributed by atoms with Gasteiger partial charge < -0.3 is 10.5 Å². The first-order valence-corrected chi connectivity index (χ1v) is 7.01. The van der Waals surface area contributed by atoms with E-state index in [1.54, 1.807) is 18.2 Å². The maximum absolute atomic E-state index is 14.6. The van der Waals surface area contributed by atoms with Crippen molar-refractivity contribution in [1.29, 1.82) is 0 Å². The molecule has 3 aromatic rings. The summed E-state index contributed by atoms with van der Waals surface area (Å²) in [5.41, 5.74) is 6.83. The van der Waals surface area contributed by atoms with Crippen LogP contribution >= 0.6 is 23.2 Å². The maximum Gasteiger partial charge on any atom is 0.138 e. The lowest BCUT2D eigenvalue weighted by molar-refractivity contribution is 0.416. The SMILES string of the molecule is COc1cc(F)c(-c2cccc(Cl)c2Cl)c2ncnc(N)c12. The van der Waals surface area contributed by atoms with Gasteiger partial charge in [0.1, 0.15) is 23.7 Å². The first kappa shape index (κ1) is 14.8. The molecule has 112 valence electrons. The number of aromatic nitrogens is 2. The Kier molecular flexibility index (Phi) is 3.76. The van der Waals surface area contributed by atoms with Crippen molar-refractivity contribution >= 4 is 39.9 Å². The van der Waals surface area contributed by atoms with E-state index in [4.69, 9.17) is 33.7 Å². The average Bonchev–Trinajstić information content (AvgIpc) is 2.50. The molecule has 0 spiro atoms. The summed E-state index contributed by atoms with van der Waals surface area (Å²) < 4.78 is 19.8. The van der Waals surface area contributed by atoms with Gasteiger partial charge in [0.25, 0.3) is 0 Å². The second-order valence-electron chi connectivity index (χ2n) is 4.52. The van der Waals surface area contributed by atoms with Crippen LogP contribution in [-0.4, -0.2) is 17.1 Å². The van der Waals surface area contributed by atoms with Crippen molar-refractivity contribution in [2.24, 2.45) is 0 Å². The zero-order chi connectivity index (χ0) is 15.9. The van der Waals surface area contributed by atoms with Gasteiger partial charge in [-0.1, -0.05) is 35.3 Å². The van der Waals surface area contributed by atoms with Gasteiger partial charge in [-0.2, -0.15) is 0 Å². The van der Waals surface area contributed by atoms with E-state index in [1.807, 2.05) is 0 Å². The summed E-state index contributed by atoms with van der Waals surface area (Å²) in [4.78, 5) is 8.07. The summed E-state index contributed by atoms with van der Waals surface area (Å²) in [5, 5.41) is 0.994. The molecule has 0 radical (unpaired) electrons. The zero-order valence-electron chi connectivity index (χ0n) is 11.4. The van der Waals surface area contributed by atoms with Crippen molar-refractivity contribution in [3.8, 4) is 16.9 Å². The van der Waals surface area contributed by atoms with Gasteiger partial charge in [0, 0.05) is 17.2 Å². The maximum atomic E-state index is 14.6. The fraction of sp³-hybridized carbons (Fsp3) is 0.0667. The molecule has 0 aliphatic heterocycles. The van der Waals surface area contributed by atoms with Crippen LogP contribution in [0.1, 0.15) is 0 Å². The number of nitrogen functional groups attached to an aromatic ring is 1. The molecule has 0 unspecified atom stereocenters. The summed E-state index contributed by atoms with van der Waals surface area (Å²) in [6.45, 7) is 0. The van der Waals surface area contributed by atoms with Gasteiger partial charge in [-0.05, 0) is 6.07 Å². The van der Waals surface area contributed by atoms with Gasteiger partial charge in [0.2, 0.25) is 0 Å². The number of benzene rings is 2. The van der Waals surface area contributed by atoms with Crippen LogP contribution in [0.25, 0.3) is 22.0 Å². The number of halogens is 3. The molecule has 7 heteroatoms. The Balaban J connectivity index is 2.47. The van der Waals surface area contributed by atoms with Crippen molar-refractivity contribution in [2.75, 3.05) is 12.8 Å². The van der Waals surface area contributed by atoms with Gasteiger partial charge >= 0.3 is 0 Å². The Hall–Kier alpha value is -2.11. The standard InChI is InChI=1S/C15H10Cl2FN3O/c1-22-10-5-9(18)11(7-3-2-4-8(16)13(7)17)14-12(10)15(19)21-6-20-14/h2-6H,1H3,(H2,19,20,21). The zero-order valence-corrected chi connectivity index (χ0v) is 12.9. The van der Waals surface area contributed by atoms with Crippen LogP contribution in [0.2, 0.25) is 10.0 Å². The number of fused-ring (bicyclic) bond motifs is 1. The van der Waals surface area contributed by atoms with Crippen LogP contribution in [0.15, 0.2) is 30.6 Å². The number of nitrogens with two attached hydrogens (primary N) is 1. The fourth-order valence-corrected chi connectivity index (χ4v) is 2.71. The van der Waals surface area contributed by atoms with Crippen LogP contribution in [-0.2, 0) is 0 Å². The highest BCUT2D eigenvalue weighted by Crippen LogP contribution is 2.41. The number of anilines is 1. The molecule has 0 saturated heterocycles. The second-order valence-corrected chi connectivity index (χ2v) is 5.30. The summed E-state index contributed by atoms with van der Waals surface area (Å²) in [7, 11) is 1.42. The number of hydrogen-bond donors (Lipinski definition) is 1. The molecule has 1 aromatic heterocycles. The molecule has 3 rings (SSSR count). The van der Waals surface area contributed by atoms with E-state index in [-0.39, 0.29) is 22.2 Å². The quantitative estimate of drug-likeness (QED) is 0.755. The molecule has 2 N–H and O–H groups in total. The fourth-order valence-electron chi connectivity index (χ4n) is 2.32. The Morgan fingerprint density at radius 1 is 1.23 bits per heavy atom. The van der Waals surface area contributed by atoms with E-state index in [0.29, 0.717) is 21.5 Å². The highest BCUT2D eigenvalue weighted by molar-refractivity contribution is 6.44. The van der Waals surface area contributed by atoms with Crippen molar-refractivity contribution < 1.29 is 9.13 Å². The smallest absolute Gasteiger partial charge is 0.138 e. The minimum Gasteiger partial charge on any atom is -0.496 e. The highest BCUT2D eigenvalue weighted by atomic mass is 35.5. The van der Waals surface area contributed by atoms with E-state index in [9.17, 15) is 4.39 Å². The molecule has 1 heterocycles. The first-order chi connectivity index (χ1) is 10.5. The minimum absolute atomic E-state index is 0.196. The largest absolute Gasteiger partial charge is 0.496 e. The van der Waals surface area contributed by atoms with Crippen LogP contribution in [0.4, 0.5) is 10.2 Å². The van der Waals surface area contributed by atoms with Crippen molar-refractivity contribution in [2.45, 2.75) is 0 Å². The molecule has 0 aliphatic carbocycles. The molecule has 0 atom stereocenters. The topological polar surface area (TPSA) is 61.0 Å².